The van der Waals surface area contributed by atoms with Gasteiger partial charge in [0.15, 0.2) is 11.6 Å². The quantitative estimate of drug-likeness (QED) is 0.242. The van der Waals surface area contributed by atoms with Crippen LogP contribution in [-0.4, -0.2) is 45.8 Å². The van der Waals surface area contributed by atoms with Gasteiger partial charge < -0.3 is 25.5 Å². The highest BCUT2D eigenvalue weighted by Crippen LogP contribution is 2.44. The minimum atomic E-state index is -1.07. The Morgan fingerprint density at radius 3 is 2.59 bits per heavy atom. The number of fused-ring (bicyclic) bond motifs is 2. The fourth-order valence-corrected chi connectivity index (χ4v) is 5.05. The van der Waals surface area contributed by atoms with Crippen molar-refractivity contribution < 1.29 is 27.9 Å². The fraction of sp³-hybridized carbons (Fsp3) is 0.188. The third-order valence-corrected chi connectivity index (χ3v) is 7.52. The molecule has 4 N–H and O–H groups in total. The maximum atomic E-state index is 13.6. The van der Waals surface area contributed by atoms with E-state index in [1.807, 2.05) is 0 Å². The maximum absolute atomic E-state index is 13.6. The van der Waals surface area contributed by atoms with Gasteiger partial charge in [-0.2, -0.15) is 0 Å². The third-order valence-electron chi connectivity index (χ3n) is 7.52. The van der Waals surface area contributed by atoms with Crippen molar-refractivity contribution in [2.24, 2.45) is 5.73 Å². The fourth-order valence-electron chi connectivity index (χ4n) is 5.05. The van der Waals surface area contributed by atoms with E-state index in [1.54, 1.807) is 62.5 Å². The van der Waals surface area contributed by atoms with Crippen molar-refractivity contribution in [3.63, 3.8) is 0 Å². The van der Waals surface area contributed by atoms with Crippen LogP contribution < -0.4 is 21.1 Å². The molecule has 1 atom stereocenters. The lowest BCUT2D eigenvalue weighted by molar-refractivity contribution is -0.123. The number of carbonyl (C=O) groups is 3. The minimum Gasteiger partial charge on any atom is -0.489 e. The number of benzene rings is 2. The molecule has 2 aromatic carbocycles. The highest BCUT2D eigenvalue weighted by molar-refractivity contribution is 6.09. The summed E-state index contributed by atoms with van der Waals surface area (Å²) in [5, 5.41) is 6.32. The van der Waals surface area contributed by atoms with Gasteiger partial charge in [-0.3, -0.25) is 19.4 Å². The van der Waals surface area contributed by atoms with E-state index in [0.29, 0.717) is 62.7 Å². The van der Waals surface area contributed by atoms with Crippen LogP contribution in [0.5, 0.6) is 5.75 Å². The Kier molecular flexibility index (Phi) is 7.25. The van der Waals surface area contributed by atoms with E-state index in [0.717, 1.165) is 0 Å². The smallest absolute Gasteiger partial charge is 0.277 e. The number of nitrogens with zero attached hydrogens (tertiary/aromatic N) is 3. The van der Waals surface area contributed by atoms with Gasteiger partial charge in [0, 0.05) is 53.9 Å². The molecule has 0 radical (unpaired) electrons. The van der Waals surface area contributed by atoms with E-state index in [2.05, 4.69) is 20.6 Å². The first-order valence-corrected chi connectivity index (χ1v) is 13.8. The first-order valence-electron chi connectivity index (χ1n) is 13.8. The van der Waals surface area contributed by atoms with Gasteiger partial charge in [0.1, 0.15) is 35.5 Å². The van der Waals surface area contributed by atoms with Crippen LogP contribution in [-0.2, 0) is 16.6 Å². The second-order valence-corrected chi connectivity index (χ2v) is 10.6. The van der Waals surface area contributed by atoms with Crippen molar-refractivity contribution in [1.29, 1.82) is 0 Å². The number of oxazole rings is 1. The molecular formula is C32H27FN6O5. The van der Waals surface area contributed by atoms with Crippen molar-refractivity contribution in [3.05, 3.63) is 101 Å². The van der Waals surface area contributed by atoms with Crippen LogP contribution in [0.25, 0.3) is 22.2 Å². The monoisotopic (exact) mass is 594 g/mol. The zero-order chi connectivity index (χ0) is 31.0. The first-order chi connectivity index (χ1) is 21.1. The molecule has 0 fully saturated rings. The lowest BCUT2D eigenvalue weighted by Gasteiger charge is -2.19. The second kappa shape index (κ2) is 11.2. The summed E-state index contributed by atoms with van der Waals surface area (Å²) in [7, 11) is 0. The number of pyridine rings is 2. The van der Waals surface area contributed by atoms with Gasteiger partial charge in [-0.25, -0.2) is 14.4 Å². The Morgan fingerprint density at radius 1 is 1.07 bits per heavy atom. The number of hydrogen-bond donors (Lipinski definition) is 3. The van der Waals surface area contributed by atoms with E-state index in [4.69, 9.17) is 19.9 Å². The normalized spacial score (nSPS) is 15.4. The van der Waals surface area contributed by atoms with Gasteiger partial charge >= 0.3 is 0 Å². The van der Waals surface area contributed by atoms with Crippen molar-refractivity contribution in [1.82, 2.24) is 20.3 Å². The van der Waals surface area contributed by atoms with Gasteiger partial charge in [-0.05, 0) is 55.5 Å². The number of nitrogens with two attached hydrogens (primary N) is 1. The molecule has 44 heavy (non-hydrogen) atoms. The zero-order valence-electron chi connectivity index (χ0n) is 23.8. The topological polar surface area (TPSA) is 162 Å². The van der Waals surface area contributed by atoms with Crippen LogP contribution in [0, 0.1) is 12.7 Å². The molecule has 12 heteroatoms. The van der Waals surface area contributed by atoms with Crippen molar-refractivity contribution >= 4 is 34.3 Å². The predicted molar refractivity (Wildman–Crippen MR) is 159 cm³/mol. The summed E-state index contributed by atoms with van der Waals surface area (Å²) in [5.74, 6) is -1.05. The van der Waals surface area contributed by atoms with E-state index in [1.165, 1.54) is 18.4 Å². The number of halogens is 1. The van der Waals surface area contributed by atoms with Crippen molar-refractivity contribution in [2.45, 2.75) is 25.7 Å². The summed E-state index contributed by atoms with van der Waals surface area (Å²) in [6.07, 6.45) is 3.16. The summed E-state index contributed by atoms with van der Waals surface area (Å²) in [6, 6.07) is 14.3. The van der Waals surface area contributed by atoms with Gasteiger partial charge in [0.2, 0.25) is 5.91 Å². The number of nitrogens with one attached hydrogen (secondary N) is 2. The van der Waals surface area contributed by atoms with E-state index in [-0.39, 0.29) is 24.8 Å². The maximum Gasteiger partial charge on any atom is 0.277 e. The number of hydrogen-bond acceptors (Lipinski definition) is 8. The predicted octanol–water partition coefficient (Wildman–Crippen LogP) is 4.09. The van der Waals surface area contributed by atoms with Crippen molar-refractivity contribution in [3.8, 4) is 17.0 Å². The molecule has 0 aliphatic carbocycles. The van der Waals surface area contributed by atoms with E-state index >= 15 is 0 Å². The highest BCUT2D eigenvalue weighted by Gasteiger charge is 2.43. The summed E-state index contributed by atoms with van der Waals surface area (Å²) < 4.78 is 24.7. The largest absolute Gasteiger partial charge is 0.489 e. The number of carbonyl (C=O) groups excluding carboxylic acids is 3. The molecule has 0 saturated carbocycles. The number of ether oxygens (including phenoxy) is 1. The summed E-state index contributed by atoms with van der Waals surface area (Å²) in [4.78, 5) is 51.6. The SMILES string of the molecule is Cc1nc(C(=O)Nc2cc(C(=O)NCCc3cc4c(c(-c5ccc(F)cc5)n3)OC[C@]4(C)C(N)=O)cc3cccnc23)co1. The number of anilines is 1. The van der Waals surface area contributed by atoms with Crippen LogP contribution in [0.4, 0.5) is 10.1 Å². The average Bonchev–Trinajstić information content (AvgIpc) is 3.61. The Balaban J connectivity index is 1.24. The summed E-state index contributed by atoms with van der Waals surface area (Å²) in [5.41, 5.74) is 8.16. The lowest BCUT2D eigenvalue weighted by atomic mass is 9.83. The number of amides is 3. The first kappa shape index (κ1) is 28.5. The second-order valence-electron chi connectivity index (χ2n) is 10.6. The number of rotatable bonds is 8. The molecule has 1 aliphatic heterocycles. The number of aryl methyl sites for hydroxylation is 1. The van der Waals surface area contributed by atoms with E-state index in [9.17, 15) is 18.8 Å². The standard InChI is InChI=1S/C32H27FN6O5/c1-17-37-25(15-43-17)30(41)39-24-13-20(12-19-4-3-10-35-26(19)24)29(40)36-11-9-22-14-23-28(44-16-32(23,2)31(34)42)27(38-22)18-5-7-21(33)8-6-18/h3-8,10,12-15H,9,11,16H2,1-2H3,(H2,34,42)(H,36,40)(H,39,41)/t32-/m0/s1. The molecule has 222 valence electrons. The molecule has 3 aromatic heterocycles. The summed E-state index contributed by atoms with van der Waals surface area (Å²) in [6.45, 7) is 3.59. The molecule has 0 unspecified atom stereocenters. The van der Waals surface area contributed by atoms with Gasteiger partial charge in [0.25, 0.3) is 11.8 Å². The Labute approximate surface area is 250 Å². The molecule has 1 aliphatic rings. The Morgan fingerprint density at radius 2 is 1.86 bits per heavy atom. The van der Waals surface area contributed by atoms with Gasteiger partial charge in [-0.15, -0.1) is 0 Å². The van der Waals surface area contributed by atoms with Crippen LogP contribution in [0.3, 0.4) is 0 Å². The third kappa shape index (κ3) is 5.33. The molecular weight excluding hydrogens is 567 g/mol. The minimum absolute atomic E-state index is 0.0552. The molecule has 0 saturated heterocycles. The van der Waals surface area contributed by atoms with Crippen LogP contribution in [0.2, 0.25) is 0 Å². The Bertz CT molecular complexity index is 1940. The van der Waals surface area contributed by atoms with Crippen LogP contribution >= 0.6 is 0 Å². The Hall–Kier alpha value is -5.65. The molecule has 11 nitrogen and oxygen atoms in total. The van der Waals surface area contributed by atoms with Gasteiger partial charge in [0.05, 0.1) is 11.2 Å². The molecule has 0 bridgehead atoms. The van der Waals surface area contributed by atoms with Crippen LogP contribution in [0.15, 0.2) is 71.5 Å². The van der Waals surface area contributed by atoms with Crippen LogP contribution in [0.1, 0.15) is 44.9 Å². The van der Waals surface area contributed by atoms with Crippen molar-refractivity contribution in [2.75, 3.05) is 18.5 Å². The number of primary amides is 1. The molecule has 5 aromatic rings. The molecule has 4 heterocycles. The van der Waals surface area contributed by atoms with Gasteiger partial charge in [-0.1, -0.05) is 6.07 Å². The highest BCUT2D eigenvalue weighted by atomic mass is 19.1. The lowest BCUT2D eigenvalue weighted by Crippen LogP contribution is -2.39. The molecule has 3 amide bonds. The zero-order valence-corrected chi connectivity index (χ0v) is 23.8. The molecule has 0 spiro atoms. The summed E-state index contributed by atoms with van der Waals surface area (Å²) >= 11 is 0. The average molecular weight is 595 g/mol. The van der Waals surface area contributed by atoms with E-state index < -0.39 is 23.0 Å². The molecule has 6 rings (SSSR count). The number of aromatic nitrogens is 3.